The van der Waals surface area contributed by atoms with Crippen molar-refractivity contribution in [3.8, 4) is 45.8 Å². The highest BCUT2D eigenvalue weighted by Gasteiger charge is 2.39. The molecule has 0 saturated carbocycles. The molecule has 4 aliphatic rings. The van der Waals surface area contributed by atoms with Crippen LogP contribution >= 0.6 is 0 Å². The van der Waals surface area contributed by atoms with Crippen LogP contribution in [0.3, 0.4) is 0 Å². The van der Waals surface area contributed by atoms with Crippen LogP contribution in [-0.2, 0) is 6.54 Å². The van der Waals surface area contributed by atoms with Crippen LogP contribution in [-0.4, -0.2) is 156 Å². The second-order valence-electron chi connectivity index (χ2n) is 20.6. The number of phenols is 2. The van der Waals surface area contributed by atoms with Crippen LogP contribution < -0.4 is 20.3 Å². The summed E-state index contributed by atoms with van der Waals surface area (Å²) in [6.45, 7) is 15.3. The Morgan fingerprint density at radius 3 is 2.34 bits per heavy atom. The highest BCUT2D eigenvalue weighted by Crippen LogP contribution is 2.39. The second-order valence-corrected chi connectivity index (χ2v) is 20.6. The highest BCUT2D eigenvalue weighted by atomic mass is 19.4. The van der Waals surface area contributed by atoms with Gasteiger partial charge in [0.15, 0.2) is 11.6 Å². The van der Waals surface area contributed by atoms with Crippen molar-refractivity contribution in [3.05, 3.63) is 94.7 Å². The van der Waals surface area contributed by atoms with Crippen LogP contribution in [0.2, 0.25) is 0 Å². The zero-order valence-electron chi connectivity index (χ0n) is 41.9. The van der Waals surface area contributed by atoms with Gasteiger partial charge in [0.25, 0.3) is 5.91 Å². The third kappa shape index (κ3) is 10.1. The number of rotatable bonds is 13. The molecule has 3 aromatic heterocycles. The molecule has 6 aromatic rings. The number of aromatic nitrogens is 6. The van der Waals surface area contributed by atoms with Crippen molar-refractivity contribution in [1.29, 1.82) is 0 Å². The Morgan fingerprint density at radius 2 is 1.64 bits per heavy atom. The van der Waals surface area contributed by atoms with Gasteiger partial charge in [-0.1, -0.05) is 44.2 Å². The van der Waals surface area contributed by atoms with Gasteiger partial charge in [-0.3, -0.25) is 29.0 Å². The molecule has 4 saturated heterocycles. The molecule has 4 aliphatic heterocycles. The van der Waals surface area contributed by atoms with E-state index in [4.69, 9.17) is 14.7 Å². The fourth-order valence-electron chi connectivity index (χ4n) is 10.9. The Kier molecular flexibility index (Phi) is 13.8. The van der Waals surface area contributed by atoms with Gasteiger partial charge in [-0.15, -0.1) is 10.2 Å². The zero-order valence-corrected chi connectivity index (χ0v) is 41.9. The van der Waals surface area contributed by atoms with Crippen LogP contribution in [0, 0.1) is 19.7 Å². The standard InChI is InChI=1S/C53H62F4N12O4/c1-29(2)40-21-41(44(71)22-43(40)70)49-63-64-50(51(72)59-32(5)53(55,56)57)69(49)36-14-10-33(11-15-36)24-66-16-18-67(19-17-66)37-20-38(65(6)27-37)28-73-52-61-47-42(48(62-52)68-25-34-12-13-35(26-68)60-34)23-58-46(45(47)54)39-9-7-8-30(3)31(39)4/h7-11,14-15,21-23,29,32,34-35,37-38,60,70-71H,12-13,16-20,24-28H2,1-6H3,(H,59,72)/t32?,34?,35?,37-,38-/m0/s1. The van der Waals surface area contributed by atoms with Crippen LogP contribution in [0.4, 0.5) is 23.4 Å². The summed E-state index contributed by atoms with van der Waals surface area (Å²) in [5.41, 5.74) is 5.25. The molecule has 4 fully saturated rings. The predicted molar refractivity (Wildman–Crippen MR) is 269 cm³/mol. The maximum Gasteiger partial charge on any atom is 0.408 e. The van der Waals surface area contributed by atoms with Gasteiger partial charge in [-0.25, -0.2) is 4.39 Å². The summed E-state index contributed by atoms with van der Waals surface area (Å²) in [5, 5.41) is 35.9. The topological polar surface area (TPSA) is 173 Å². The van der Waals surface area contributed by atoms with Gasteiger partial charge in [0.05, 0.1) is 10.9 Å². The van der Waals surface area contributed by atoms with Crippen molar-refractivity contribution in [2.45, 2.75) is 103 Å². The average molecular weight is 1010 g/mol. The number of pyridine rings is 1. The van der Waals surface area contributed by atoms with E-state index in [2.05, 4.69) is 47.1 Å². The van der Waals surface area contributed by atoms with Gasteiger partial charge in [-0.2, -0.15) is 23.1 Å². The average Bonchev–Trinajstić information content (AvgIpc) is 4.07. The van der Waals surface area contributed by atoms with Crippen molar-refractivity contribution in [2.24, 2.45) is 0 Å². The number of alkyl halides is 3. The van der Waals surface area contributed by atoms with Crippen molar-refractivity contribution in [2.75, 3.05) is 64.4 Å². The number of fused-ring (bicyclic) bond motifs is 3. The van der Waals surface area contributed by atoms with Gasteiger partial charge in [0, 0.05) is 100 Å². The number of benzene rings is 3. The molecular formula is C53H62F4N12O4. The number of aryl methyl sites for hydroxylation is 1. The third-order valence-corrected chi connectivity index (χ3v) is 15.3. The number of likely N-dealkylation sites (N-methyl/N-ethyl adjacent to an activating group) is 1. The molecule has 7 heterocycles. The summed E-state index contributed by atoms with van der Waals surface area (Å²) in [6, 6.07) is 14.9. The minimum Gasteiger partial charge on any atom is -0.508 e. The van der Waals surface area contributed by atoms with Crippen LogP contribution in [0.15, 0.2) is 60.8 Å². The first-order valence-corrected chi connectivity index (χ1v) is 25.1. The SMILES string of the molecule is Cc1cccc(-c2ncc3c(N4CC5CCC(C4)N5)nc(OC[C@@H]4C[C@H](N5CCN(Cc6ccc(-n7c(C(=O)NC(C)C(F)(F)F)nnc7-c7cc(C(C)C)c(O)cc7O)cc6)CC5)CN4C)nc3c2F)c1C. The fraction of sp³-hybridized carbons (Fsp3) is 0.472. The van der Waals surface area contributed by atoms with E-state index in [0.717, 1.165) is 94.3 Å². The quantitative estimate of drug-likeness (QED) is 0.0862. The van der Waals surface area contributed by atoms with Gasteiger partial charge < -0.3 is 30.5 Å². The normalized spacial score (nSPS) is 21.4. The molecule has 386 valence electrons. The number of nitrogens with zero attached hydrogens (tertiary/aromatic N) is 10. The summed E-state index contributed by atoms with van der Waals surface area (Å²) in [4.78, 5) is 37.1. The molecule has 0 spiro atoms. The minimum atomic E-state index is -4.69. The van der Waals surface area contributed by atoms with Crippen LogP contribution in [0.5, 0.6) is 17.5 Å². The number of amides is 1. The van der Waals surface area contributed by atoms with Crippen LogP contribution in [0.25, 0.3) is 39.2 Å². The predicted octanol–water partition coefficient (Wildman–Crippen LogP) is 7.12. The summed E-state index contributed by atoms with van der Waals surface area (Å²) in [7, 11) is 2.11. The number of likely N-dealkylation sites (tertiary alicyclic amines) is 1. The van der Waals surface area contributed by atoms with Gasteiger partial charge in [0.2, 0.25) is 5.82 Å². The van der Waals surface area contributed by atoms with Crippen molar-refractivity contribution >= 4 is 22.6 Å². The van der Waals surface area contributed by atoms with E-state index in [1.807, 2.05) is 63.3 Å². The molecule has 10 rings (SSSR count). The van der Waals surface area contributed by atoms with E-state index in [-0.39, 0.29) is 52.1 Å². The number of nitrogens with one attached hydrogen (secondary N) is 2. The van der Waals surface area contributed by atoms with Gasteiger partial charge in [0.1, 0.15) is 41.2 Å². The lowest BCUT2D eigenvalue weighted by atomic mass is 9.98. The maximum atomic E-state index is 16.7. The summed E-state index contributed by atoms with van der Waals surface area (Å²) >= 11 is 0. The minimum absolute atomic E-state index is 0.0173. The Hall–Kier alpha value is -6.48. The number of ether oxygens (including phenoxy) is 1. The third-order valence-electron chi connectivity index (χ3n) is 15.3. The first-order chi connectivity index (χ1) is 34.9. The molecule has 3 unspecified atom stereocenters. The molecule has 1 amide bonds. The molecule has 16 nitrogen and oxygen atoms in total. The Bertz CT molecular complexity index is 3000. The van der Waals surface area contributed by atoms with E-state index in [1.54, 1.807) is 18.3 Å². The second kappa shape index (κ2) is 20.1. The Morgan fingerprint density at radius 1 is 0.918 bits per heavy atom. The lowest BCUT2D eigenvalue weighted by Gasteiger charge is -2.38. The maximum absolute atomic E-state index is 16.7. The number of carbonyl (C=O) groups excluding carboxylic acids is 1. The molecule has 73 heavy (non-hydrogen) atoms. The van der Waals surface area contributed by atoms with E-state index < -0.39 is 29.8 Å². The lowest BCUT2D eigenvalue weighted by molar-refractivity contribution is -0.149. The number of aromatic hydroxyl groups is 2. The highest BCUT2D eigenvalue weighted by molar-refractivity contribution is 5.93. The number of hydrogen-bond donors (Lipinski definition) is 4. The summed E-state index contributed by atoms with van der Waals surface area (Å²) in [6.07, 6.45) is 0.0844. The lowest BCUT2D eigenvalue weighted by Crippen LogP contribution is -2.51. The first kappa shape index (κ1) is 50.1. The summed E-state index contributed by atoms with van der Waals surface area (Å²) < 4.78 is 65.1. The number of carbonyl (C=O) groups is 1. The fourth-order valence-corrected chi connectivity index (χ4v) is 10.9. The summed E-state index contributed by atoms with van der Waals surface area (Å²) in [5.74, 6) is -1.93. The smallest absolute Gasteiger partial charge is 0.408 e. The number of hydrogen-bond acceptors (Lipinski definition) is 14. The molecule has 5 atom stereocenters. The molecule has 0 radical (unpaired) electrons. The van der Waals surface area contributed by atoms with E-state index in [0.29, 0.717) is 53.7 Å². The number of halogens is 4. The van der Waals surface area contributed by atoms with Crippen molar-refractivity contribution in [3.63, 3.8) is 0 Å². The van der Waals surface area contributed by atoms with E-state index in [1.165, 1.54) is 16.7 Å². The largest absolute Gasteiger partial charge is 0.508 e. The zero-order chi connectivity index (χ0) is 51.5. The van der Waals surface area contributed by atoms with Gasteiger partial charge >= 0.3 is 12.2 Å². The number of piperazine rings is 2. The molecule has 3 aromatic carbocycles. The monoisotopic (exact) mass is 1010 g/mol. The van der Waals surface area contributed by atoms with Crippen molar-refractivity contribution in [1.82, 2.24) is 55.0 Å². The van der Waals surface area contributed by atoms with Gasteiger partial charge in [-0.05, 0) is 93.5 Å². The van der Waals surface area contributed by atoms with Crippen LogP contribution in [0.1, 0.15) is 78.8 Å². The molecule has 20 heteroatoms. The molecular weight excluding hydrogens is 945 g/mol. The molecule has 2 bridgehead atoms. The Labute approximate surface area is 421 Å². The van der Waals surface area contributed by atoms with E-state index >= 15 is 4.39 Å². The Balaban J connectivity index is 0.803. The van der Waals surface area contributed by atoms with E-state index in [9.17, 15) is 28.2 Å². The first-order valence-electron chi connectivity index (χ1n) is 25.1. The number of phenolic OH excluding ortho intramolecular Hbond substituents is 2. The molecule has 4 N–H and O–H groups in total. The molecule has 0 aliphatic carbocycles. The number of anilines is 1. The van der Waals surface area contributed by atoms with Crippen molar-refractivity contribution < 1.29 is 37.3 Å².